The average Bonchev–Trinajstić information content (AvgIpc) is 3.76. The summed E-state index contributed by atoms with van der Waals surface area (Å²) in [6, 6.07) is 13.1. The molecule has 5 aromatic rings. The lowest BCUT2D eigenvalue weighted by molar-refractivity contribution is -0.144. The van der Waals surface area contributed by atoms with Crippen LogP contribution in [0.4, 0.5) is 13.2 Å². The first-order valence-electron chi connectivity index (χ1n) is 17.4. The molecule has 0 aliphatic rings. The summed E-state index contributed by atoms with van der Waals surface area (Å²) in [4.78, 5) is 19.8. The number of aromatic amines is 1. The van der Waals surface area contributed by atoms with Crippen LogP contribution in [0.15, 0.2) is 59.2 Å². The second-order valence-electron chi connectivity index (χ2n) is 14.7. The molecule has 0 amide bonds. The van der Waals surface area contributed by atoms with Gasteiger partial charge < -0.3 is 19.6 Å². The van der Waals surface area contributed by atoms with Crippen molar-refractivity contribution in [1.29, 1.82) is 0 Å². The quantitative estimate of drug-likeness (QED) is 0.0751. The van der Waals surface area contributed by atoms with Crippen molar-refractivity contribution in [3.8, 4) is 22.9 Å². The van der Waals surface area contributed by atoms with E-state index in [1.807, 2.05) is 45.0 Å². The molecule has 2 aromatic heterocycles. The number of carbonyl (C=O) groups excluding carboxylic acids is 1. The number of benzene rings is 3. The normalized spacial score (nSPS) is 13.9. The number of hydrogen-bond acceptors (Lipinski definition) is 8. The molecule has 10 nitrogen and oxygen atoms in total. The van der Waals surface area contributed by atoms with E-state index >= 15 is 8.78 Å². The zero-order valence-corrected chi connectivity index (χ0v) is 33.4. The Balaban J connectivity index is 1.52. The SMILES string of the molecule is COC(=O)[C@H](C)Cc1cccc([C@@](C)(CCCC(C)(C)CS(=O)(=O)CCO)c2nc(-c3cc(Oc4c(F)c(F)c5[nH]ccc5c4Br)ccc3F)n(C)n2)c1. The molecule has 0 spiro atoms. The topological polar surface area (TPSA) is 136 Å². The standard InChI is InChI=1S/C39H44BrF3N4O6S/c1-23(36(49)52-6)19-24-9-7-10-25(20-24)39(4,15-8-14-38(2,3)22-54(50,51)18-17-48)37-45-35(47(5)46-37)28-21-26(11-12-29(28)41)53-34-30(40)27-13-16-44-33(27)31(42)32(34)43/h7,9-13,16,20-21,23,44,48H,8,14-15,17-19,22H2,1-6H3/t23-,39-/m1/s1. The van der Waals surface area contributed by atoms with Gasteiger partial charge in [0.2, 0.25) is 5.82 Å². The summed E-state index contributed by atoms with van der Waals surface area (Å²) in [6.07, 6.45) is 3.46. The van der Waals surface area contributed by atoms with Gasteiger partial charge in [-0.05, 0) is 82.9 Å². The molecule has 3 aromatic carbocycles. The number of aliphatic hydroxyl groups is 1. The van der Waals surface area contributed by atoms with Crippen molar-refractivity contribution >= 4 is 42.6 Å². The lowest BCUT2D eigenvalue weighted by Crippen LogP contribution is -2.29. The van der Waals surface area contributed by atoms with Crippen LogP contribution in [0.5, 0.6) is 11.5 Å². The fraction of sp³-hybridized carbons (Fsp3) is 0.410. The molecule has 15 heteroatoms. The van der Waals surface area contributed by atoms with E-state index in [0.717, 1.165) is 17.2 Å². The van der Waals surface area contributed by atoms with Crippen LogP contribution in [0, 0.1) is 28.8 Å². The lowest BCUT2D eigenvalue weighted by atomic mass is 9.75. The molecular formula is C39H44BrF3N4O6S. The lowest BCUT2D eigenvalue weighted by Gasteiger charge is -2.30. The van der Waals surface area contributed by atoms with E-state index in [9.17, 15) is 22.7 Å². The van der Waals surface area contributed by atoms with Crippen molar-refractivity contribution in [2.24, 2.45) is 18.4 Å². The molecule has 2 atom stereocenters. The zero-order chi connectivity index (χ0) is 39.6. The summed E-state index contributed by atoms with van der Waals surface area (Å²) in [5, 5.41) is 14.4. The minimum atomic E-state index is -3.47. The minimum absolute atomic E-state index is 0.00621. The highest BCUT2D eigenvalue weighted by Gasteiger charge is 2.36. The monoisotopic (exact) mass is 832 g/mol. The van der Waals surface area contributed by atoms with Crippen molar-refractivity contribution in [2.75, 3.05) is 25.2 Å². The van der Waals surface area contributed by atoms with Crippen LogP contribution in [0.2, 0.25) is 0 Å². The number of fused-ring (bicyclic) bond motifs is 1. The van der Waals surface area contributed by atoms with Crippen molar-refractivity contribution in [1.82, 2.24) is 19.7 Å². The Morgan fingerprint density at radius 3 is 2.52 bits per heavy atom. The number of H-pyrrole nitrogens is 1. The van der Waals surface area contributed by atoms with Crippen LogP contribution in [0.3, 0.4) is 0 Å². The van der Waals surface area contributed by atoms with Crippen LogP contribution >= 0.6 is 15.9 Å². The zero-order valence-electron chi connectivity index (χ0n) is 31.0. The van der Waals surface area contributed by atoms with Gasteiger partial charge in [-0.1, -0.05) is 51.5 Å². The largest absolute Gasteiger partial charge is 0.469 e. The minimum Gasteiger partial charge on any atom is -0.469 e. The van der Waals surface area contributed by atoms with Gasteiger partial charge >= 0.3 is 5.97 Å². The highest BCUT2D eigenvalue weighted by atomic mass is 79.9. The van der Waals surface area contributed by atoms with E-state index in [4.69, 9.17) is 19.6 Å². The third-order valence-electron chi connectivity index (χ3n) is 9.70. The van der Waals surface area contributed by atoms with Crippen LogP contribution in [-0.2, 0) is 38.3 Å². The predicted octanol–water partition coefficient (Wildman–Crippen LogP) is 8.20. The molecule has 0 unspecified atom stereocenters. The van der Waals surface area contributed by atoms with E-state index in [1.54, 1.807) is 20.0 Å². The molecule has 0 aliphatic heterocycles. The van der Waals surface area contributed by atoms with Crippen LogP contribution < -0.4 is 4.74 Å². The third kappa shape index (κ3) is 8.84. The molecule has 0 saturated carbocycles. The van der Waals surface area contributed by atoms with Crippen LogP contribution in [0.1, 0.15) is 63.9 Å². The fourth-order valence-electron chi connectivity index (χ4n) is 6.83. The highest BCUT2D eigenvalue weighted by molar-refractivity contribution is 9.10. The summed E-state index contributed by atoms with van der Waals surface area (Å²) in [5.74, 6) is -3.99. The molecule has 0 saturated heterocycles. The van der Waals surface area contributed by atoms with Gasteiger partial charge in [0.25, 0.3) is 0 Å². The van der Waals surface area contributed by atoms with Crippen LogP contribution in [-0.4, -0.2) is 64.5 Å². The van der Waals surface area contributed by atoms with Gasteiger partial charge in [0.1, 0.15) is 11.6 Å². The molecule has 0 bridgehead atoms. The molecule has 0 radical (unpaired) electrons. The van der Waals surface area contributed by atoms with Gasteiger partial charge in [0.05, 0.1) is 52.1 Å². The number of nitrogens with one attached hydrogen (secondary N) is 1. The number of esters is 1. The molecule has 290 valence electrons. The molecular weight excluding hydrogens is 789 g/mol. The Kier molecular flexibility index (Phi) is 12.3. The second-order valence-corrected chi connectivity index (χ2v) is 17.6. The smallest absolute Gasteiger partial charge is 0.308 e. The van der Waals surface area contributed by atoms with Gasteiger partial charge in [-0.15, -0.1) is 0 Å². The number of aliphatic hydroxyl groups excluding tert-OH is 1. The summed E-state index contributed by atoms with van der Waals surface area (Å²) >= 11 is 3.31. The number of hydrogen-bond donors (Lipinski definition) is 2. The first-order valence-corrected chi connectivity index (χ1v) is 20.0. The number of sulfone groups is 1. The Hall–Kier alpha value is -4.21. The molecule has 2 heterocycles. The average molecular weight is 834 g/mol. The molecule has 0 aliphatic carbocycles. The number of carbonyl (C=O) groups is 1. The van der Waals surface area contributed by atoms with E-state index in [1.165, 1.54) is 30.1 Å². The summed E-state index contributed by atoms with van der Waals surface area (Å²) < 4.78 is 83.1. The number of rotatable bonds is 16. The number of halogens is 4. The van der Waals surface area contributed by atoms with Crippen molar-refractivity contribution in [2.45, 2.75) is 58.8 Å². The maximum absolute atomic E-state index is 15.6. The summed E-state index contributed by atoms with van der Waals surface area (Å²) in [7, 11) is -0.502. The first kappa shape index (κ1) is 41.0. The Morgan fingerprint density at radius 2 is 1.81 bits per heavy atom. The Labute approximate surface area is 321 Å². The van der Waals surface area contributed by atoms with E-state index in [2.05, 4.69) is 20.9 Å². The first-order chi connectivity index (χ1) is 25.4. The van der Waals surface area contributed by atoms with E-state index in [0.29, 0.717) is 36.9 Å². The second kappa shape index (κ2) is 16.3. The molecule has 0 fully saturated rings. The van der Waals surface area contributed by atoms with Gasteiger partial charge in [0, 0.05) is 18.6 Å². The van der Waals surface area contributed by atoms with Crippen LogP contribution in [0.25, 0.3) is 22.3 Å². The van der Waals surface area contributed by atoms with Crippen molar-refractivity contribution < 1.29 is 41.0 Å². The number of nitrogens with zero attached hydrogens (tertiary/aromatic N) is 3. The van der Waals surface area contributed by atoms with Gasteiger partial charge in [0.15, 0.2) is 33.1 Å². The maximum Gasteiger partial charge on any atom is 0.308 e. The third-order valence-corrected chi connectivity index (χ3v) is 12.5. The Bertz CT molecular complexity index is 2280. The van der Waals surface area contributed by atoms with E-state index in [-0.39, 0.29) is 44.6 Å². The summed E-state index contributed by atoms with van der Waals surface area (Å²) in [6.45, 7) is 7.05. The van der Waals surface area contributed by atoms with E-state index < -0.39 is 56.4 Å². The fourth-order valence-corrected chi connectivity index (χ4v) is 9.17. The maximum atomic E-state index is 15.6. The number of methoxy groups -OCH3 is 1. The van der Waals surface area contributed by atoms with Gasteiger partial charge in [-0.2, -0.15) is 9.49 Å². The summed E-state index contributed by atoms with van der Waals surface area (Å²) in [5.41, 5.74) is 0.225. The number of aromatic nitrogens is 4. The van der Waals surface area contributed by atoms with Crippen molar-refractivity contribution in [3.05, 3.63) is 93.6 Å². The highest BCUT2D eigenvalue weighted by Crippen LogP contribution is 2.42. The predicted molar refractivity (Wildman–Crippen MR) is 204 cm³/mol. The van der Waals surface area contributed by atoms with Crippen molar-refractivity contribution in [3.63, 3.8) is 0 Å². The Morgan fingerprint density at radius 1 is 1.07 bits per heavy atom. The molecule has 5 rings (SSSR count). The number of ether oxygens (including phenoxy) is 2. The van der Waals surface area contributed by atoms with Gasteiger partial charge in [-0.25, -0.2) is 26.9 Å². The molecule has 54 heavy (non-hydrogen) atoms. The number of aryl methyl sites for hydroxylation is 1. The molecule has 2 N–H and O–H groups in total. The van der Waals surface area contributed by atoms with Gasteiger partial charge in [-0.3, -0.25) is 4.79 Å².